The molecule has 0 bridgehead atoms. The number of nitrogens with two attached hydrogens (primary N) is 1. The monoisotopic (exact) mass is 271 g/mol. The number of hydrogen-bond acceptors (Lipinski definition) is 5. The fourth-order valence-electron chi connectivity index (χ4n) is 1.94. The van der Waals surface area contributed by atoms with Crippen molar-refractivity contribution in [1.82, 2.24) is 9.55 Å². The SMILES string of the molecule is NC1=Nc2ccc(NC(=O)Cn3ccnc3)cc2CO1. The lowest BCUT2D eigenvalue weighted by Crippen LogP contribution is -2.20. The van der Waals surface area contributed by atoms with E-state index in [2.05, 4.69) is 15.3 Å². The van der Waals surface area contributed by atoms with E-state index in [1.165, 1.54) is 0 Å². The molecule has 20 heavy (non-hydrogen) atoms. The van der Waals surface area contributed by atoms with Crippen LogP contribution >= 0.6 is 0 Å². The Morgan fingerprint density at radius 2 is 2.40 bits per heavy atom. The first-order valence-corrected chi connectivity index (χ1v) is 6.06. The number of rotatable bonds is 3. The highest BCUT2D eigenvalue weighted by Crippen LogP contribution is 2.26. The maximum Gasteiger partial charge on any atom is 0.287 e. The minimum Gasteiger partial charge on any atom is -0.460 e. The summed E-state index contributed by atoms with van der Waals surface area (Å²) in [5.74, 6) is -0.123. The maximum atomic E-state index is 11.9. The Morgan fingerprint density at radius 3 is 3.20 bits per heavy atom. The second-order valence-electron chi connectivity index (χ2n) is 4.37. The van der Waals surface area contributed by atoms with Crippen LogP contribution in [0.4, 0.5) is 11.4 Å². The van der Waals surface area contributed by atoms with Gasteiger partial charge in [0.25, 0.3) is 6.02 Å². The molecule has 3 N–H and O–H groups in total. The molecule has 1 aromatic carbocycles. The van der Waals surface area contributed by atoms with Gasteiger partial charge in [0.15, 0.2) is 0 Å². The minimum absolute atomic E-state index is 0.123. The summed E-state index contributed by atoms with van der Waals surface area (Å²) in [6.45, 7) is 0.578. The van der Waals surface area contributed by atoms with Crippen LogP contribution in [0.3, 0.4) is 0 Å². The van der Waals surface area contributed by atoms with Gasteiger partial charge in [-0.05, 0) is 18.2 Å². The number of carbonyl (C=O) groups is 1. The van der Waals surface area contributed by atoms with E-state index in [-0.39, 0.29) is 18.5 Å². The summed E-state index contributed by atoms with van der Waals surface area (Å²) in [4.78, 5) is 19.8. The molecule has 1 aliphatic rings. The molecular weight excluding hydrogens is 258 g/mol. The van der Waals surface area contributed by atoms with Gasteiger partial charge in [0.2, 0.25) is 5.91 Å². The Balaban J connectivity index is 1.71. The molecule has 2 aromatic rings. The Bertz CT molecular complexity index is 663. The van der Waals surface area contributed by atoms with E-state index in [0.29, 0.717) is 12.3 Å². The number of amides is 1. The lowest BCUT2D eigenvalue weighted by atomic mass is 10.1. The number of nitrogens with one attached hydrogen (secondary N) is 1. The average molecular weight is 271 g/mol. The van der Waals surface area contributed by atoms with Gasteiger partial charge in [-0.25, -0.2) is 4.98 Å². The number of aromatic nitrogens is 2. The van der Waals surface area contributed by atoms with E-state index in [9.17, 15) is 4.79 Å². The van der Waals surface area contributed by atoms with Crippen molar-refractivity contribution in [3.05, 3.63) is 42.5 Å². The van der Waals surface area contributed by atoms with E-state index in [1.807, 2.05) is 6.07 Å². The summed E-state index contributed by atoms with van der Waals surface area (Å²) >= 11 is 0. The predicted molar refractivity (Wildman–Crippen MR) is 73.4 cm³/mol. The van der Waals surface area contributed by atoms with Crippen molar-refractivity contribution in [2.75, 3.05) is 5.32 Å². The number of fused-ring (bicyclic) bond motifs is 1. The number of nitrogens with zero attached hydrogens (tertiary/aromatic N) is 3. The Morgan fingerprint density at radius 1 is 1.50 bits per heavy atom. The van der Waals surface area contributed by atoms with Crippen LogP contribution in [0.15, 0.2) is 41.9 Å². The number of ether oxygens (including phenoxy) is 1. The molecule has 0 saturated heterocycles. The molecule has 3 rings (SSSR count). The molecule has 0 radical (unpaired) electrons. The number of imidazole rings is 1. The van der Waals surface area contributed by atoms with E-state index in [1.54, 1.807) is 35.4 Å². The molecule has 1 aliphatic heterocycles. The smallest absolute Gasteiger partial charge is 0.287 e. The Kier molecular flexibility index (Phi) is 3.08. The lowest BCUT2D eigenvalue weighted by molar-refractivity contribution is -0.116. The summed E-state index contributed by atoms with van der Waals surface area (Å²) in [5.41, 5.74) is 7.85. The van der Waals surface area contributed by atoms with Gasteiger partial charge in [0, 0.05) is 23.6 Å². The summed E-state index contributed by atoms with van der Waals surface area (Å²) in [6, 6.07) is 5.58. The summed E-state index contributed by atoms with van der Waals surface area (Å²) < 4.78 is 6.85. The lowest BCUT2D eigenvalue weighted by Gasteiger charge is -2.15. The number of carbonyl (C=O) groups excluding carboxylic acids is 1. The Hall–Kier alpha value is -2.83. The van der Waals surface area contributed by atoms with Crippen LogP contribution in [0.25, 0.3) is 0 Å². The van der Waals surface area contributed by atoms with Gasteiger partial charge in [-0.1, -0.05) is 0 Å². The fourth-order valence-corrected chi connectivity index (χ4v) is 1.94. The van der Waals surface area contributed by atoms with Crippen molar-refractivity contribution in [2.45, 2.75) is 13.2 Å². The molecule has 7 nitrogen and oxygen atoms in total. The topological polar surface area (TPSA) is 94.5 Å². The highest BCUT2D eigenvalue weighted by Gasteiger charge is 2.12. The summed E-state index contributed by atoms with van der Waals surface area (Å²) in [5, 5.41) is 2.82. The molecule has 1 aromatic heterocycles. The zero-order valence-corrected chi connectivity index (χ0v) is 10.6. The van der Waals surface area contributed by atoms with Gasteiger partial charge in [0.1, 0.15) is 13.2 Å². The average Bonchev–Trinajstić information content (AvgIpc) is 2.91. The minimum atomic E-state index is -0.123. The number of benzene rings is 1. The van der Waals surface area contributed by atoms with E-state index in [4.69, 9.17) is 10.5 Å². The molecule has 0 unspecified atom stereocenters. The molecular formula is C13H13N5O2. The van der Waals surface area contributed by atoms with Crippen LogP contribution in [0.5, 0.6) is 0 Å². The van der Waals surface area contributed by atoms with Gasteiger partial charge in [0.05, 0.1) is 12.0 Å². The molecule has 1 amide bonds. The third-order valence-electron chi connectivity index (χ3n) is 2.85. The van der Waals surface area contributed by atoms with Crippen LogP contribution < -0.4 is 11.1 Å². The first-order chi connectivity index (χ1) is 9.70. The van der Waals surface area contributed by atoms with Crippen molar-refractivity contribution in [3.8, 4) is 0 Å². The van der Waals surface area contributed by atoms with Crippen LogP contribution in [-0.2, 0) is 22.7 Å². The van der Waals surface area contributed by atoms with Gasteiger partial charge < -0.3 is 20.4 Å². The zero-order chi connectivity index (χ0) is 13.9. The fraction of sp³-hybridized carbons (Fsp3) is 0.154. The van der Waals surface area contributed by atoms with Gasteiger partial charge in [-0.3, -0.25) is 4.79 Å². The second-order valence-corrected chi connectivity index (χ2v) is 4.37. The third-order valence-corrected chi connectivity index (χ3v) is 2.85. The van der Waals surface area contributed by atoms with Crippen LogP contribution in [-0.4, -0.2) is 21.5 Å². The molecule has 0 atom stereocenters. The number of aliphatic imine (C=N–C) groups is 1. The first-order valence-electron chi connectivity index (χ1n) is 6.06. The molecule has 0 spiro atoms. The van der Waals surface area contributed by atoms with Gasteiger partial charge in [-0.15, -0.1) is 0 Å². The largest absolute Gasteiger partial charge is 0.460 e. The van der Waals surface area contributed by atoms with Gasteiger partial charge >= 0.3 is 0 Å². The second kappa shape index (κ2) is 5.04. The highest BCUT2D eigenvalue weighted by molar-refractivity contribution is 5.91. The maximum absolute atomic E-state index is 11.9. The van der Waals surface area contributed by atoms with Crippen molar-refractivity contribution in [3.63, 3.8) is 0 Å². The number of anilines is 1. The van der Waals surface area contributed by atoms with E-state index < -0.39 is 0 Å². The van der Waals surface area contributed by atoms with Crippen molar-refractivity contribution in [1.29, 1.82) is 0 Å². The molecule has 0 aliphatic carbocycles. The van der Waals surface area contributed by atoms with E-state index >= 15 is 0 Å². The summed E-state index contributed by atoms with van der Waals surface area (Å²) in [7, 11) is 0. The van der Waals surface area contributed by atoms with Crippen LogP contribution in [0, 0.1) is 0 Å². The van der Waals surface area contributed by atoms with Crippen molar-refractivity contribution >= 4 is 23.3 Å². The third kappa shape index (κ3) is 2.61. The molecule has 0 fully saturated rings. The molecule has 2 heterocycles. The summed E-state index contributed by atoms with van der Waals surface area (Å²) in [6.07, 6.45) is 4.96. The van der Waals surface area contributed by atoms with E-state index in [0.717, 1.165) is 11.3 Å². The van der Waals surface area contributed by atoms with Crippen molar-refractivity contribution < 1.29 is 9.53 Å². The van der Waals surface area contributed by atoms with Crippen molar-refractivity contribution in [2.24, 2.45) is 10.7 Å². The number of hydrogen-bond donors (Lipinski definition) is 2. The molecule has 102 valence electrons. The predicted octanol–water partition coefficient (Wildman–Crippen LogP) is 0.998. The Labute approximate surface area is 115 Å². The molecule has 7 heteroatoms. The quantitative estimate of drug-likeness (QED) is 0.870. The van der Waals surface area contributed by atoms with Crippen LogP contribution in [0.2, 0.25) is 0 Å². The highest BCUT2D eigenvalue weighted by atomic mass is 16.5. The normalized spacial score (nSPS) is 13.1. The van der Waals surface area contributed by atoms with Gasteiger partial charge in [-0.2, -0.15) is 4.99 Å². The first kappa shape index (κ1) is 12.2. The molecule has 0 saturated carbocycles. The van der Waals surface area contributed by atoms with Crippen LogP contribution in [0.1, 0.15) is 5.56 Å². The zero-order valence-electron chi connectivity index (χ0n) is 10.6. The number of amidine groups is 1. The standard InChI is InChI=1S/C13H13N5O2/c14-13-17-11-2-1-10(5-9(11)7-20-13)16-12(19)6-18-4-3-15-8-18/h1-5,8H,6-7H2,(H2,14,17)(H,16,19).